The summed E-state index contributed by atoms with van der Waals surface area (Å²) in [6.45, 7) is 0.693. The lowest BCUT2D eigenvalue weighted by molar-refractivity contribution is -0.140. The fourth-order valence-electron chi connectivity index (χ4n) is 3.24. The molecule has 0 aliphatic rings. The minimum atomic E-state index is -1.03. The van der Waals surface area contributed by atoms with Crippen LogP contribution in [0.4, 0.5) is 0 Å². The molecule has 0 aromatic heterocycles. The maximum atomic E-state index is 13.3. The molecular formula is C21H28N2O2. The van der Waals surface area contributed by atoms with Gasteiger partial charge in [-0.1, -0.05) is 60.7 Å². The first kappa shape index (κ1) is 19.2. The van der Waals surface area contributed by atoms with Crippen molar-refractivity contribution in [3.8, 4) is 0 Å². The van der Waals surface area contributed by atoms with Crippen molar-refractivity contribution < 1.29 is 9.90 Å². The van der Waals surface area contributed by atoms with Gasteiger partial charge in [-0.05, 0) is 38.2 Å². The summed E-state index contributed by atoms with van der Waals surface area (Å²) in [5, 5.41) is 11.4. The highest BCUT2D eigenvalue weighted by Crippen LogP contribution is 2.42. The zero-order valence-electron chi connectivity index (χ0n) is 15.5. The van der Waals surface area contributed by atoms with E-state index in [-0.39, 0.29) is 5.91 Å². The molecule has 0 radical (unpaired) electrons. The van der Waals surface area contributed by atoms with Gasteiger partial charge < -0.3 is 14.9 Å². The van der Waals surface area contributed by atoms with Crippen LogP contribution in [-0.2, 0) is 10.2 Å². The number of rotatable bonds is 7. The number of aliphatic hydroxyl groups is 1. The summed E-state index contributed by atoms with van der Waals surface area (Å²) in [7, 11) is 7.44. The Labute approximate surface area is 150 Å². The monoisotopic (exact) mass is 340 g/mol. The molecule has 1 amide bonds. The highest BCUT2D eigenvalue weighted by molar-refractivity contribution is 5.89. The van der Waals surface area contributed by atoms with Gasteiger partial charge in [-0.25, -0.2) is 0 Å². The van der Waals surface area contributed by atoms with Crippen molar-refractivity contribution in [2.24, 2.45) is 0 Å². The lowest BCUT2D eigenvalue weighted by atomic mass is 9.69. The summed E-state index contributed by atoms with van der Waals surface area (Å²) in [5.74, 6) is -0.0862. The van der Waals surface area contributed by atoms with Gasteiger partial charge in [-0.15, -0.1) is 0 Å². The van der Waals surface area contributed by atoms with Gasteiger partial charge in [0.15, 0.2) is 0 Å². The van der Waals surface area contributed by atoms with Crippen LogP contribution in [0.2, 0.25) is 0 Å². The number of nitrogens with zero attached hydrogens (tertiary/aromatic N) is 2. The molecule has 0 heterocycles. The number of carbonyl (C=O) groups excluding carboxylic acids is 1. The fourth-order valence-corrected chi connectivity index (χ4v) is 3.24. The molecule has 0 bridgehead atoms. The molecule has 134 valence electrons. The Morgan fingerprint density at radius 3 is 1.96 bits per heavy atom. The largest absolute Gasteiger partial charge is 0.387 e. The third kappa shape index (κ3) is 4.09. The van der Waals surface area contributed by atoms with E-state index in [2.05, 4.69) is 0 Å². The van der Waals surface area contributed by atoms with Crippen molar-refractivity contribution in [3.05, 3.63) is 71.8 Å². The van der Waals surface area contributed by atoms with E-state index in [0.717, 1.165) is 11.1 Å². The van der Waals surface area contributed by atoms with E-state index < -0.39 is 11.5 Å². The van der Waals surface area contributed by atoms with Crippen LogP contribution < -0.4 is 0 Å². The van der Waals surface area contributed by atoms with Crippen LogP contribution in [0.25, 0.3) is 0 Å². The number of benzene rings is 2. The minimum absolute atomic E-state index is 0.0862. The zero-order chi connectivity index (χ0) is 18.4. The topological polar surface area (TPSA) is 43.8 Å². The van der Waals surface area contributed by atoms with E-state index in [0.29, 0.717) is 13.0 Å². The Hall–Kier alpha value is -2.17. The van der Waals surface area contributed by atoms with E-state index >= 15 is 0 Å². The number of carbonyl (C=O) groups is 1. The summed E-state index contributed by atoms with van der Waals surface area (Å²) < 4.78 is 0. The Kier molecular flexibility index (Phi) is 6.34. The second-order valence-electron chi connectivity index (χ2n) is 6.90. The van der Waals surface area contributed by atoms with E-state index in [1.165, 1.54) is 0 Å². The average molecular weight is 340 g/mol. The lowest BCUT2D eigenvalue weighted by Crippen LogP contribution is -2.49. The van der Waals surface area contributed by atoms with Crippen LogP contribution in [0.5, 0.6) is 0 Å². The van der Waals surface area contributed by atoms with Gasteiger partial charge in [0.1, 0.15) is 5.41 Å². The normalized spacial score (nSPS) is 14.8. The molecule has 0 saturated heterocycles. The highest BCUT2D eigenvalue weighted by Gasteiger charge is 2.47. The van der Waals surface area contributed by atoms with Gasteiger partial charge in [0.05, 0.1) is 6.10 Å². The Bertz CT molecular complexity index is 671. The van der Waals surface area contributed by atoms with Crippen LogP contribution in [0, 0.1) is 0 Å². The molecule has 1 N–H and O–H groups in total. The van der Waals surface area contributed by atoms with Crippen LogP contribution in [-0.4, -0.2) is 55.5 Å². The zero-order valence-corrected chi connectivity index (χ0v) is 15.5. The molecule has 4 nitrogen and oxygen atoms in total. The Morgan fingerprint density at radius 1 is 0.960 bits per heavy atom. The van der Waals surface area contributed by atoms with E-state index in [1.54, 1.807) is 19.0 Å². The first-order chi connectivity index (χ1) is 11.9. The average Bonchev–Trinajstić information content (AvgIpc) is 2.63. The fraction of sp³-hybridized carbons (Fsp3) is 0.381. The summed E-state index contributed by atoms with van der Waals surface area (Å²) in [6, 6.07) is 19.1. The third-order valence-corrected chi connectivity index (χ3v) is 4.61. The van der Waals surface area contributed by atoms with Gasteiger partial charge in [0.25, 0.3) is 0 Å². The molecule has 2 aromatic carbocycles. The Morgan fingerprint density at radius 2 is 1.48 bits per heavy atom. The summed E-state index contributed by atoms with van der Waals surface area (Å²) in [5.41, 5.74) is 0.559. The van der Waals surface area contributed by atoms with E-state index in [4.69, 9.17) is 0 Å². The van der Waals surface area contributed by atoms with Gasteiger partial charge >= 0.3 is 0 Å². The molecule has 0 aliphatic carbocycles. The second-order valence-corrected chi connectivity index (χ2v) is 6.90. The van der Waals surface area contributed by atoms with Crippen LogP contribution in [0.15, 0.2) is 60.7 Å². The van der Waals surface area contributed by atoms with Gasteiger partial charge in [-0.2, -0.15) is 0 Å². The van der Waals surface area contributed by atoms with Crippen molar-refractivity contribution in [2.45, 2.75) is 17.9 Å². The molecule has 0 aliphatic heterocycles. The number of amides is 1. The van der Waals surface area contributed by atoms with Crippen molar-refractivity contribution in [2.75, 3.05) is 34.7 Å². The van der Waals surface area contributed by atoms with E-state index in [9.17, 15) is 9.90 Å². The predicted octanol–water partition coefficient (Wildman–Crippen LogP) is 2.70. The minimum Gasteiger partial charge on any atom is -0.387 e. The molecule has 2 unspecified atom stereocenters. The summed E-state index contributed by atoms with van der Waals surface area (Å²) >= 11 is 0. The van der Waals surface area contributed by atoms with Crippen molar-refractivity contribution in [1.82, 2.24) is 9.80 Å². The molecular weight excluding hydrogens is 312 g/mol. The standard InChI is InChI=1S/C21H28N2O2/c1-22(2)16-15-21(20(25)23(3)4,18-13-9-6-10-14-18)19(24)17-11-7-5-8-12-17/h5-14,19,24H,15-16H2,1-4H3. The van der Waals surface area contributed by atoms with E-state index in [1.807, 2.05) is 79.7 Å². The molecule has 2 aromatic rings. The van der Waals surface area contributed by atoms with Crippen LogP contribution in [0.3, 0.4) is 0 Å². The first-order valence-electron chi connectivity index (χ1n) is 8.54. The SMILES string of the molecule is CN(C)CCC(C(=O)N(C)C)(c1ccccc1)C(O)c1ccccc1. The molecule has 2 atom stereocenters. The van der Waals surface area contributed by atoms with Crippen LogP contribution >= 0.6 is 0 Å². The highest BCUT2D eigenvalue weighted by atomic mass is 16.3. The maximum absolute atomic E-state index is 13.3. The number of hydrogen-bond donors (Lipinski definition) is 1. The lowest BCUT2D eigenvalue weighted by Gasteiger charge is -2.40. The second kappa shape index (κ2) is 8.28. The van der Waals surface area contributed by atoms with Crippen molar-refractivity contribution >= 4 is 5.91 Å². The molecule has 0 spiro atoms. The quantitative estimate of drug-likeness (QED) is 0.843. The summed E-state index contributed by atoms with van der Waals surface area (Å²) in [6.07, 6.45) is -0.400. The summed E-state index contributed by atoms with van der Waals surface area (Å²) in [4.78, 5) is 17.0. The number of likely N-dealkylation sites (N-methyl/N-ethyl adjacent to an activating group) is 1. The maximum Gasteiger partial charge on any atom is 0.235 e. The number of hydrogen-bond acceptors (Lipinski definition) is 3. The molecule has 2 rings (SSSR count). The Balaban J connectivity index is 2.63. The smallest absolute Gasteiger partial charge is 0.235 e. The van der Waals surface area contributed by atoms with Crippen LogP contribution in [0.1, 0.15) is 23.7 Å². The van der Waals surface area contributed by atoms with Crippen molar-refractivity contribution in [3.63, 3.8) is 0 Å². The molecule has 0 fully saturated rings. The predicted molar refractivity (Wildman–Crippen MR) is 101 cm³/mol. The number of aliphatic hydroxyl groups excluding tert-OH is 1. The molecule has 0 saturated carbocycles. The van der Waals surface area contributed by atoms with Gasteiger partial charge in [0, 0.05) is 14.1 Å². The third-order valence-electron chi connectivity index (χ3n) is 4.61. The first-order valence-corrected chi connectivity index (χ1v) is 8.54. The molecule has 4 heteroatoms. The van der Waals surface area contributed by atoms with Gasteiger partial charge in [-0.3, -0.25) is 4.79 Å². The molecule has 25 heavy (non-hydrogen) atoms. The van der Waals surface area contributed by atoms with Gasteiger partial charge in [0.2, 0.25) is 5.91 Å². The van der Waals surface area contributed by atoms with Crippen molar-refractivity contribution in [1.29, 1.82) is 0 Å².